The molecule has 0 aromatic heterocycles. The van der Waals surface area contributed by atoms with Crippen molar-refractivity contribution in [2.75, 3.05) is 52.4 Å². The van der Waals surface area contributed by atoms with Gasteiger partial charge in [0.2, 0.25) is 0 Å². The molecule has 4 heteroatoms. The van der Waals surface area contributed by atoms with E-state index in [2.05, 4.69) is 42.0 Å². The molecule has 20 heavy (non-hydrogen) atoms. The van der Waals surface area contributed by atoms with Crippen molar-refractivity contribution < 1.29 is 0 Å². The topological polar surface area (TPSA) is 48.1 Å². The van der Waals surface area contributed by atoms with Crippen LogP contribution in [0.3, 0.4) is 0 Å². The van der Waals surface area contributed by atoms with Crippen molar-refractivity contribution in [3.8, 4) is 0 Å². The molecule has 0 saturated heterocycles. The fraction of sp³-hybridized carbons (Fsp3) is 1.00. The lowest BCUT2D eigenvalue weighted by Crippen LogP contribution is -2.27. The Labute approximate surface area is 126 Å². The van der Waals surface area contributed by atoms with Gasteiger partial charge in [-0.1, -0.05) is 27.2 Å². The molecule has 0 aromatic carbocycles. The average Bonchev–Trinajstić information content (AvgIpc) is 2.47. The van der Waals surface area contributed by atoms with E-state index in [0.717, 1.165) is 58.3 Å². The molecular formula is C16H38N4. The molecule has 0 aromatic rings. The Hall–Kier alpha value is -0.160. The predicted octanol–water partition coefficient (Wildman–Crippen LogP) is 1.58. The van der Waals surface area contributed by atoms with Gasteiger partial charge in [-0.05, 0) is 77.5 Å². The van der Waals surface area contributed by atoms with E-state index in [1.54, 1.807) is 0 Å². The van der Waals surface area contributed by atoms with Crippen molar-refractivity contribution in [1.82, 2.24) is 21.3 Å². The minimum Gasteiger partial charge on any atom is -0.317 e. The summed E-state index contributed by atoms with van der Waals surface area (Å²) >= 11 is 0. The molecule has 0 amide bonds. The van der Waals surface area contributed by atoms with Crippen LogP contribution in [0.4, 0.5) is 0 Å². The summed E-state index contributed by atoms with van der Waals surface area (Å²) in [6.45, 7) is 15.7. The van der Waals surface area contributed by atoms with Crippen molar-refractivity contribution in [2.24, 2.45) is 5.92 Å². The van der Waals surface area contributed by atoms with Crippen LogP contribution < -0.4 is 21.3 Å². The van der Waals surface area contributed by atoms with Crippen LogP contribution >= 0.6 is 0 Å². The van der Waals surface area contributed by atoms with E-state index in [-0.39, 0.29) is 0 Å². The highest BCUT2D eigenvalue weighted by Gasteiger charge is 1.96. The van der Waals surface area contributed by atoms with Crippen molar-refractivity contribution in [1.29, 1.82) is 0 Å². The molecule has 0 aliphatic carbocycles. The van der Waals surface area contributed by atoms with Gasteiger partial charge in [0.05, 0.1) is 0 Å². The fourth-order valence-corrected chi connectivity index (χ4v) is 1.93. The van der Waals surface area contributed by atoms with Gasteiger partial charge in [0, 0.05) is 0 Å². The average molecular weight is 287 g/mol. The second-order valence-electron chi connectivity index (χ2n) is 5.63. The summed E-state index contributed by atoms with van der Waals surface area (Å²) in [5.41, 5.74) is 0. The van der Waals surface area contributed by atoms with Gasteiger partial charge in [0.15, 0.2) is 0 Å². The molecular weight excluding hydrogens is 248 g/mol. The first-order valence-electron chi connectivity index (χ1n) is 8.64. The lowest BCUT2D eigenvalue weighted by molar-refractivity contribution is 0.488. The van der Waals surface area contributed by atoms with Gasteiger partial charge < -0.3 is 21.3 Å². The first-order valence-corrected chi connectivity index (χ1v) is 8.64. The van der Waals surface area contributed by atoms with Gasteiger partial charge in [-0.3, -0.25) is 0 Å². The van der Waals surface area contributed by atoms with Crippen LogP contribution in [-0.4, -0.2) is 52.4 Å². The predicted molar refractivity (Wildman–Crippen MR) is 90.5 cm³/mol. The maximum atomic E-state index is 3.51. The highest BCUT2D eigenvalue weighted by Crippen LogP contribution is 1.96. The van der Waals surface area contributed by atoms with Crippen LogP contribution in [-0.2, 0) is 0 Å². The third-order valence-corrected chi connectivity index (χ3v) is 3.56. The van der Waals surface area contributed by atoms with Crippen molar-refractivity contribution in [3.63, 3.8) is 0 Å². The Morgan fingerprint density at radius 3 is 1.55 bits per heavy atom. The van der Waals surface area contributed by atoms with E-state index in [0.29, 0.717) is 0 Å². The van der Waals surface area contributed by atoms with E-state index < -0.39 is 0 Å². The van der Waals surface area contributed by atoms with Gasteiger partial charge in [-0.15, -0.1) is 0 Å². The van der Waals surface area contributed by atoms with Crippen LogP contribution in [0.25, 0.3) is 0 Å². The van der Waals surface area contributed by atoms with Crippen molar-refractivity contribution in [3.05, 3.63) is 0 Å². The zero-order valence-electron chi connectivity index (χ0n) is 14.1. The molecule has 122 valence electrons. The second-order valence-corrected chi connectivity index (χ2v) is 5.63. The van der Waals surface area contributed by atoms with Crippen LogP contribution in [0, 0.1) is 5.92 Å². The van der Waals surface area contributed by atoms with E-state index >= 15 is 0 Å². The molecule has 0 spiro atoms. The van der Waals surface area contributed by atoms with E-state index in [1.165, 1.54) is 25.7 Å². The van der Waals surface area contributed by atoms with Crippen LogP contribution in [0.15, 0.2) is 0 Å². The van der Waals surface area contributed by atoms with Gasteiger partial charge in [-0.2, -0.15) is 0 Å². The molecule has 0 rings (SSSR count). The van der Waals surface area contributed by atoms with Gasteiger partial charge in [0.25, 0.3) is 0 Å². The van der Waals surface area contributed by atoms with E-state index in [1.807, 2.05) is 0 Å². The van der Waals surface area contributed by atoms with Crippen LogP contribution in [0.1, 0.15) is 46.5 Å². The van der Waals surface area contributed by atoms with Gasteiger partial charge in [0.1, 0.15) is 0 Å². The van der Waals surface area contributed by atoms with Crippen LogP contribution in [0.5, 0.6) is 0 Å². The molecule has 0 aliphatic heterocycles. The highest BCUT2D eigenvalue weighted by molar-refractivity contribution is 4.57. The smallest absolute Gasteiger partial charge is 0.00232 e. The summed E-state index contributed by atoms with van der Waals surface area (Å²) in [6.07, 6.45) is 4.95. The molecule has 0 saturated carbocycles. The molecule has 4 N–H and O–H groups in total. The quantitative estimate of drug-likeness (QED) is 0.325. The molecule has 0 aliphatic rings. The summed E-state index contributed by atoms with van der Waals surface area (Å²) in [5.74, 6) is 0.807. The third kappa shape index (κ3) is 15.9. The van der Waals surface area contributed by atoms with Gasteiger partial charge >= 0.3 is 0 Å². The van der Waals surface area contributed by atoms with Crippen molar-refractivity contribution in [2.45, 2.75) is 46.5 Å². The summed E-state index contributed by atoms with van der Waals surface area (Å²) in [5, 5.41) is 13.8. The summed E-state index contributed by atoms with van der Waals surface area (Å²) < 4.78 is 0. The normalized spacial score (nSPS) is 12.8. The SMILES string of the molecule is CCNCCCNCCCNCCCNC[C@H](C)CC. The van der Waals surface area contributed by atoms with E-state index in [9.17, 15) is 0 Å². The first kappa shape index (κ1) is 19.8. The van der Waals surface area contributed by atoms with Gasteiger partial charge in [-0.25, -0.2) is 0 Å². The number of nitrogens with one attached hydrogen (secondary N) is 4. The summed E-state index contributed by atoms with van der Waals surface area (Å²) in [4.78, 5) is 0. The Morgan fingerprint density at radius 1 is 0.650 bits per heavy atom. The van der Waals surface area contributed by atoms with E-state index in [4.69, 9.17) is 0 Å². The molecule has 4 nitrogen and oxygen atoms in total. The Balaban J connectivity index is 2.96. The minimum absolute atomic E-state index is 0.807. The Kier molecular flexibility index (Phi) is 16.8. The fourth-order valence-electron chi connectivity index (χ4n) is 1.93. The molecule has 0 fully saturated rings. The minimum atomic E-state index is 0.807. The highest BCUT2D eigenvalue weighted by atomic mass is 14.9. The molecule has 0 unspecified atom stereocenters. The molecule has 0 radical (unpaired) electrons. The lowest BCUT2D eigenvalue weighted by Gasteiger charge is -2.10. The molecule has 1 atom stereocenters. The number of rotatable bonds is 16. The zero-order valence-corrected chi connectivity index (χ0v) is 14.1. The summed E-state index contributed by atoms with van der Waals surface area (Å²) in [7, 11) is 0. The first-order chi connectivity index (χ1) is 9.81. The Morgan fingerprint density at radius 2 is 1.10 bits per heavy atom. The summed E-state index contributed by atoms with van der Waals surface area (Å²) in [6, 6.07) is 0. The second kappa shape index (κ2) is 16.9. The number of hydrogen-bond donors (Lipinski definition) is 4. The maximum Gasteiger partial charge on any atom is -0.00232 e. The standard InChI is InChI=1S/C16H38N4/c1-4-16(3)15-20-14-8-13-19-12-7-11-18-10-6-9-17-5-2/h16-20H,4-15H2,1-3H3/t16-/m1/s1. The zero-order chi connectivity index (χ0) is 14.9. The third-order valence-electron chi connectivity index (χ3n) is 3.56. The van der Waals surface area contributed by atoms with Crippen LogP contribution in [0.2, 0.25) is 0 Å². The molecule has 0 bridgehead atoms. The number of hydrogen-bond acceptors (Lipinski definition) is 4. The largest absolute Gasteiger partial charge is 0.317 e. The monoisotopic (exact) mass is 286 g/mol. The van der Waals surface area contributed by atoms with Crippen molar-refractivity contribution >= 4 is 0 Å². The Bertz CT molecular complexity index is 176. The maximum absolute atomic E-state index is 3.51. The lowest BCUT2D eigenvalue weighted by atomic mass is 10.1. The molecule has 0 heterocycles.